The van der Waals surface area contributed by atoms with E-state index < -0.39 is 10.0 Å². The van der Waals surface area contributed by atoms with Crippen LogP contribution < -0.4 is 4.31 Å². The fraction of sp³-hybridized carbons (Fsp3) is 0.545. The third kappa shape index (κ3) is 5.03. The van der Waals surface area contributed by atoms with Gasteiger partial charge < -0.3 is 9.80 Å². The van der Waals surface area contributed by atoms with Crippen molar-refractivity contribution in [1.82, 2.24) is 9.80 Å². The van der Waals surface area contributed by atoms with Crippen molar-refractivity contribution in [3.8, 4) is 0 Å². The number of piperidine rings is 1. The Balaban J connectivity index is 1.53. The number of hydrogen-bond acceptors (Lipinski definition) is 4. The molecule has 2 fully saturated rings. The number of nitrogens with zero attached hydrogens (tertiary/aromatic N) is 3. The molecule has 0 aliphatic carbocycles. The normalized spacial score (nSPS) is 19.4. The van der Waals surface area contributed by atoms with Crippen LogP contribution in [-0.2, 0) is 19.6 Å². The summed E-state index contributed by atoms with van der Waals surface area (Å²) < 4.78 is 25.5. The minimum absolute atomic E-state index is 0.00680. The van der Waals surface area contributed by atoms with Crippen molar-refractivity contribution < 1.29 is 18.0 Å². The molecule has 1 aromatic rings. The van der Waals surface area contributed by atoms with Gasteiger partial charge in [0.05, 0.1) is 11.4 Å². The Hall–Kier alpha value is -2.35. The van der Waals surface area contributed by atoms with Gasteiger partial charge in [-0.2, -0.15) is 0 Å². The molecule has 2 heterocycles. The van der Waals surface area contributed by atoms with Crippen molar-refractivity contribution in [1.29, 1.82) is 0 Å². The van der Waals surface area contributed by atoms with Crippen molar-refractivity contribution in [2.75, 3.05) is 42.8 Å². The highest BCUT2D eigenvalue weighted by Gasteiger charge is 2.29. The monoisotopic (exact) mass is 433 g/mol. The van der Waals surface area contributed by atoms with Crippen LogP contribution in [0.1, 0.15) is 38.7 Å². The van der Waals surface area contributed by atoms with Crippen LogP contribution in [0.15, 0.2) is 30.3 Å². The summed E-state index contributed by atoms with van der Waals surface area (Å²) in [6.45, 7) is 7.12. The molecule has 164 valence electrons. The molecule has 0 aromatic heterocycles. The SMILES string of the molecule is CCN(CC)C(=O)C1CCN(C(=O)/C=C/c2ccc(N3CCCS3(=O)=O)cc2)CC1. The molecule has 8 heteroatoms. The quantitative estimate of drug-likeness (QED) is 0.645. The zero-order chi connectivity index (χ0) is 21.7. The summed E-state index contributed by atoms with van der Waals surface area (Å²) in [7, 11) is -3.19. The molecule has 0 atom stereocenters. The second-order valence-electron chi connectivity index (χ2n) is 7.78. The summed E-state index contributed by atoms with van der Waals surface area (Å²) in [6, 6.07) is 7.19. The minimum Gasteiger partial charge on any atom is -0.343 e. The summed E-state index contributed by atoms with van der Waals surface area (Å²) in [5, 5.41) is 0. The minimum atomic E-state index is -3.19. The molecule has 2 amide bonds. The van der Waals surface area contributed by atoms with E-state index >= 15 is 0 Å². The topological polar surface area (TPSA) is 78.0 Å². The first-order valence-electron chi connectivity index (χ1n) is 10.7. The molecule has 2 aliphatic heterocycles. The van der Waals surface area contributed by atoms with Crippen molar-refractivity contribution in [3.05, 3.63) is 35.9 Å². The first-order chi connectivity index (χ1) is 14.4. The van der Waals surface area contributed by atoms with Crippen molar-refractivity contribution in [2.24, 2.45) is 5.92 Å². The summed E-state index contributed by atoms with van der Waals surface area (Å²) in [5.41, 5.74) is 1.51. The lowest BCUT2D eigenvalue weighted by Gasteiger charge is -2.33. The number of anilines is 1. The summed E-state index contributed by atoms with van der Waals surface area (Å²) in [4.78, 5) is 28.6. The zero-order valence-electron chi connectivity index (χ0n) is 17.8. The van der Waals surface area contributed by atoms with Gasteiger partial charge in [0, 0.05) is 44.7 Å². The molecule has 3 rings (SSSR count). The van der Waals surface area contributed by atoms with E-state index in [0.717, 1.165) is 18.7 Å². The van der Waals surface area contributed by atoms with Gasteiger partial charge in [0.2, 0.25) is 21.8 Å². The number of likely N-dealkylation sites (tertiary alicyclic amines) is 1. The van der Waals surface area contributed by atoms with Crippen LogP contribution in [0.5, 0.6) is 0 Å². The van der Waals surface area contributed by atoms with Crippen molar-refractivity contribution >= 4 is 33.6 Å². The van der Waals surface area contributed by atoms with Gasteiger partial charge in [0.15, 0.2) is 0 Å². The number of rotatable bonds is 6. The number of carbonyl (C=O) groups is 2. The Morgan fingerprint density at radius 1 is 1.07 bits per heavy atom. The number of benzene rings is 1. The molecule has 7 nitrogen and oxygen atoms in total. The number of sulfonamides is 1. The van der Waals surface area contributed by atoms with Crippen LogP contribution in [0.3, 0.4) is 0 Å². The van der Waals surface area contributed by atoms with Crippen LogP contribution in [0, 0.1) is 5.92 Å². The Morgan fingerprint density at radius 3 is 2.23 bits per heavy atom. The van der Waals surface area contributed by atoms with Gasteiger partial charge in [-0.25, -0.2) is 8.42 Å². The fourth-order valence-corrected chi connectivity index (χ4v) is 5.66. The lowest BCUT2D eigenvalue weighted by atomic mass is 9.95. The molecular formula is C22H31N3O4S. The molecule has 0 N–H and O–H groups in total. The smallest absolute Gasteiger partial charge is 0.246 e. The summed E-state index contributed by atoms with van der Waals surface area (Å²) >= 11 is 0. The molecule has 2 aliphatic rings. The van der Waals surface area contributed by atoms with E-state index in [1.165, 1.54) is 4.31 Å². The first-order valence-corrected chi connectivity index (χ1v) is 12.3. The molecule has 0 bridgehead atoms. The van der Waals surface area contributed by atoms with E-state index in [9.17, 15) is 18.0 Å². The van der Waals surface area contributed by atoms with Crippen molar-refractivity contribution in [3.63, 3.8) is 0 Å². The average Bonchev–Trinajstić information content (AvgIpc) is 3.12. The Kier molecular flexibility index (Phi) is 7.18. The Labute approximate surface area is 179 Å². The maximum absolute atomic E-state index is 12.5. The first kappa shape index (κ1) is 22.3. The highest BCUT2D eigenvalue weighted by Crippen LogP contribution is 2.24. The number of hydrogen-bond donors (Lipinski definition) is 0. The van der Waals surface area contributed by atoms with E-state index in [-0.39, 0.29) is 23.5 Å². The van der Waals surface area contributed by atoms with Gasteiger partial charge in [-0.3, -0.25) is 13.9 Å². The summed E-state index contributed by atoms with van der Waals surface area (Å²) in [5.74, 6) is 0.338. The lowest BCUT2D eigenvalue weighted by molar-refractivity contribution is -0.139. The van der Waals surface area contributed by atoms with E-state index in [0.29, 0.717) is 44.6 Å². The number of amides is 2. The summed E-state index contributed by atoms with van der Waals surface area (Å²) in [6.07, 6.45) is 5.35. The molecule has 2 saturated heterocycles. The third-order valence-electron chi connectivity index (χ3n) is 5.93. The van der Waals surface area contributed by atoms with Crippen molar-refractivity contribution in [2.45, 2.75) is 33.1 Å². The highest BCUT2D eigenvalue weighted by molar-refractivity contribution is 7.93. The third-order valence-corrected chi connectivity index (χ3v) is 7.80. The van der Waals surface area contributed by atoms with Gasteiger partial charge in [-0.05, 0) is 56.9 Å². The standard InChI is InChI=1S/C22H31N3O4S/c1-3-23(4-2)22(27)19-12-15-24(16-13-19)21(26)11-8-18-6-9-20(10-7-18)25-14-5-17-30(25,28)29/h6-11,19H,3-5,12-17H2,1-2H3/b11-8+. The van der Waals surface area contributed by atoms with Crippen LogP contribution >= 0.6 is 0 Å². The Bertz CT molecular complexity index is 883. The van der Waals surface area contributed by atoms with E-state index in [1.807, 2.05) is 30.9 Å². The molecule has 0 spiro atoms. The number of carbonyl (C=O) groups excluding carboxylic acids is 2. The molecule has 0 saturated carbocycles. The zero-order valence-corrected chi connectivity index (χ0v) is 18.6. The van der Waals surface area contributed by atoms with Gasteiger partial charge in [-0.15, -0.1) is 0 Å². The van der Waals surface area contributed by atoms with Crippen LogP contribution in [-0.4, -0.2) is 68.5 Å². The molecule has 1 aromatic carbocycles. The van der Waals surface area contributed by atoms with Gasteiger partial charge in [-0.1, -0.05) is 12.1 Å². The molecule has 0 unspecified atom stereocenters. The largest absolute Gasteiger partial charge is 0.343 e. The second kappa shape index (κ2) is 9.64. The maximum atomic E-state index is 12.5. The van der Waals surface area contributed by atoms with E-state index in [2.05, 4.69) is 0 Å². The molecular weight excluding hydrogens is 402 g/mol. The molecule has 0 radical (unpaired) electrons. The van der Waals surface area contributed by atoms with E-state index in [1.54, 1.807) is 29.2 Å². The fourth-order valence-electron chi connectivity index (χ4n) is 4.09. The average molecular weight is 434 g/mol. The lowest BCUT2D eigenvalue weighted by Crippen LogP contribution is -2.44. The van der Waals surface area contributed by atoms with Gasteiger partial charge in [0.25, 0.3) is 0 Å². The van der Waals surface area contributed by atoms with E-state index in [4.69, 9.17) is 0 Å². The van der Waals surface area contributed by atoms with Crippen LogP contribution in [0.2, 0.25) is 0 Å². The van der Waals surface area contributed by atoms with Gasteiger partial charge >= 0.3 is 0 Å². The second-order valence-corrected chi connectivity index (χ2v) is 9.79. The Morgan fingerprint density at radius 2 is 1.70 bits per heavy atom. The van der Waals surface area contributed by atoms with Crippen LogP contribution in [0.4, 0.5) is 5.69 Å². The highest BCUT2D eigenvalue weighted by atomic mass is 32.2. The predicted molar refractivity (Wildman–Crippen MR) is 118 cm³/mol. The molecule has 30 heavy (non-hydrogen) atoms. The predicted octanol–water partition coefficient (Wildman–Crippen LogP) is 2.35. The van der Waals surface area contributed by atoms with Crippen LogP contribution in [0.25, 0.3) is 6.08 Å². The maximum Gasteiger partial charge on any atom is 0.246 e. The van der Waals surface area contributed by atoms with Gasteiger partial charge in [0.1, 0.15) is 0 Å².